The maximum atomic E-state index is 11.9. The Morgan fingerprint density at radius 3 is 2.56 bits per heavy atom. The summed E-state index contributed by atoms with van der Waals surface area (Å²) < 4.78 is 5.31. The third-order valence-corrected chi connectivity index (χ3v) is 2.70. The molecule has 1 rings (SSSR count). The first-order chi connectivity index (χ1) is 8.17. The van der Waals surface area contributed by atoms with Gasteiger partial charge in [-0.15, -0.1) is 0 Å². The molecule has 1 amide bonds. The summed E-state index contributed by atoms with van der Waals surface area (Å²) in [6, 6.07) is 2.51. The lowest BCUT2D eigenvalue weighted by Crippen LogP contribution is -2.50. The number of nitriles is 1. The Balaban J connectivity index is 2.65. The van der Waals surface area contributed by atoms with Crippen LogP contribution in [0, 0.1) is 11.3 Å². The lowest BCUT2D eigenvalue weighted by Gasteiger charge is -2.27. The first kappa shape index (κ1) is 14.8. The van der Waals surface area contributed by atoms with Crippen LogP contribution in [0.5, 0.6) is 0 Å². The quantitative estimate of drug-likeness (QED) is 0.816. The van der Waals surface area contributed by atoms with E-state index in [1.807, 2.05) is 34.6 Å². The maximum absolute atomic E-state index is 11.9. The monoisotopic (exact) mass is 253 g/mol. The van der Waals surface area contributed by atoms with Gasteiger partial charge in [-0.1, -0.05) is 0 Å². The van der Waals surface area contributed by atoms with Crippen LogP contribution in [0.25, 0.3) is 0 Å². The molecule has 1 saturated heterocycles. The van der Waals surface area contributed by atoms with E-state index >= 15 is 0 Å². The van der Waals surface area contributed by atoms with Gasteiger partial charge in [0.2, 0.25) is 0 Å². The fraction of sp³-hybridized carbons (Fsp3) is 0.846. The largest absolute Gasteiger partial charge is 0.444 e. The Labute approximate surface area is 109 Å². The van der Waals surface area contributed by atoms with Crippen LogP contribution in [-0.2, 0) is 4.74 Å². The third kappa shape index (κ3) is 3.88. The number of carbonyl (C=O) groups is 1. The fourth-order valence-electron chi connectivity index (χ4n) is 2.09. The zero-order valence-electron chi connectivity index (χ0n) is 11.9. The molecular formula is C13H23N3O2. The highest BCUT2D eigenvalue weighted by Gasteiger charge is 2.41. The van der Waals surface area contributed by atoms with Gasteiger partial charge in [0.05, 0.1) is 12.6 Å². The first-order valence-electron chi connectivity index (χ1n) is 6.34. The van der Waals surface area contributed by atoms with E-state index < -0.39 is 11.1 Å². The van der Waals surface area contributed by atoms with Gasteiger partial charge in [-0.05, 0) is 41.0 Å². The summed E-state index contributed by atoms with van der Waals surface area (Å²) in [6.45, 7) is 10.4. The molecule has 5 nitrogen and oxygen atoms in total. The van der Waals surface area contributed by atoms with Crippen molar-refractivity contribution in [3.63, 3.8) is 0 Å². The molecule has 5 heteroatoms. The summed E-state index contributed by atoms with van der Waals surface area (Å²) in [6.07, 6.45) is 0.297. The summed E-state index contributed by atoms with van der Waals surface area (Å²) in [5, 5.41) is 12.5. The van der Waals surface area contributed by atoms with Crippen molar-refractivity contribution < 1.29 is 9.53 Å². The highest BCUT2D eigenvalue weighted by atomic mass is 16.6. The van der Waals surface area contributed by atoms with Gasteiger partial charge in [0.1, 0.15) is 11.1 Å². The summed E-state index contributed by atoms with van der Waals surface area (Å²) in [5.41, 5.74) is -1.13. The lowest BCUT2D eigenvalue weighted by molar-refractivity contribution is 0.0285. The highest BCUT2D eigenvalue weighted by molar-refractivity contribution is 5.69. The van der Waals surface area contributed by atoms with Crippen molar-refractivity contribution in [3.8, 4) is 6.07 Å². The predicted molar refractivity (Wildman–Crippen MR) is 69.0 cm³/mol. The van der Waals surface area contributed by atoms with Gasteiger partial charge in [-0.25, -0.2) is 4.79 Å². The highest BCUT2D eigenvalue weighted by Crippen LogP contribution is 2.23. The minimum atomic E-state index is -0.634. The molecule has 0 bridgehead atoms. The minimum absolute atomic E-state index is 0.211. The van der Waals surface area contributed by atoms with Crippen molar-refractivity contribution in [2.45, 2.75) is 58.2 Å². The number of hydrogen-bond donors (Lipinski definition) is 1. The van der Waals surface area contributed by atoms with E-state index in [0.717, 1.165) is 0 Å². The van der Waals surface area contributed by atoms with E-state index in [1.165, 1.54) is 0 Å². The Kier molecular flexibility index (Phi) is 4.23. The van der Waals surface area contributed by atoms with Crippen molar-refractivity contribution in [1.82, 2.24) is 10.2 Å². The number of hydrogen-bond acceptors (Lipinski definition) is 4. The van der Waals surface area contributed by atoms with Crippen molar-refractivity contribution in [3.05, 3.63) is 0 Å². The van der Waals surface area contributed by atoms with Gasteiger partial charge >= 0.3 is 6.09 Å². The molecule has 1 aliphatic heterocycles. The third-order valence-electron chi connectivity index (χ3n) is 2.70. The molecular weight excluding hydrogens is 230 g/mol. The summed E-state index contributed by atoms with van der Waals surface area (Å²) >= 11 is 0. The van der Waals surface area contributed by atoms with Crippen molar-refractivity contribution in [2.75, 3.05) is 13.1 Å². The molecule has 1 N–H and O–H groups in total. The zero-order valence-corrected chi connectivity index (χ0v) is 11.9. The fourth-order valence-corrected chi connectivity index (χ4v) is 2.09. The van der Waals surface area contributed by atoms with E-state index in [0.29, 0.717) is 19.5 Å². The topological polar surface area (TPSA) is 65.4 Å². The predicted octanol–water partition coefficient (Wildman–Crippen LogP) is 1.89. The number of rotatable bonds is 2. The maximum Gasteiger partial charge on any atom is 0.410 e. The van der Waals surface area contributed by atoms with Crippen LogP contribution < -0.4 is 5.32 Å². The molecule has 1 atom stereocenters. The molecule has 1 aliphatic rings. The zero-order chi connectivity index (χ0) is 14.0. The van der Waals surface area contributed by atoms with Gasteiger partial charge in [-0.2, -0.15) is 5.26 Å². The van der Waals surface area contributed by atoms with Crippen molar-refractivity contribution in [1.29, 1.82) is 5.26 Å². The van der Waals surface area contributed by atoms with Crippen LogP contribution in [0.3, 0.4) is 0 Å². The molecule has 0 aromatic rings. The number of ether oxygens (including phenoxy) is 1. The Morgan fingerprint density at radius 2 is 2.11 bits per heavy atom. The van der Waals surface area contributed by atoms with Gasteiger partial charge < -0.3 is 9.64 Å². The Morgan fingerprint density at radius 1 is 1.50 bits per heavy atom. The number of nitrogens with one attached hydrogen (secondary N) is 1. The van der Waals surface area contributed by atoms with Gasteiger partial charge in [0, 0.05) is 12.6 Å². The van der Waals surface area contributed by atoms with Crippen LogP contribution >= 0.6 is 0 Å². The van der Waals surface area contributed by atoms with E-state index in [-0.39, 0.29) is 12.1 Å². The molecule has 0 spiro atoms. The molecule has 1 unspecified atom stereocenters. The van der Waals surface area contributed by atoms with E-state index in [1.54, 1.807) is 4.90 Å². The van der Waals surface area contributed by atoms with Crippen LogP contribution in [0.4, 0.5) is 4.79 Å². The second kappa shape index (κ2) is 5.15. The van der Waals surface area contributed by atoms with Gasteiger partial charge in [0.25, 0.3) is 0 Å². The van der Waals surface area contributed by atoms with Gasteiger partial charge in [-0.3, -0.25) is 5.32 Å². The lowest BCUT2D eigenvalue weighted by atomic mass is 10.00. The molecule has 0 aromatic carbocycles. The molecule has 102 valence electrons. The molecule has 18 heavy (non-hydrogen) atoms. The van der Waals surface area contributed by atoms with E-state index in [9.17, 15) is 10.1 Å². The van der Waals surface area contributed by atoms with Crippen LogP contribution in [0.15, 0.2) is 0 Å². The van der Waals surface area contributed by atoms with Crippen LogP contribution in [0.2, 0.25) is 0 Å². The standard InChI is InChI=1S/C13H23N3O2/c1-10(2)15-13(8-14)6-7-16(9-13)11(17)18-12(3,4)5/h10,15H,6-7,9H2,1-5H3. The SMILES string of the molecule is CC(C)NC1(C#N)CCN(C(=O)OC(C)(C)C)C1. The molecule has 0 radical (unpaired) electrons. The Bertz CT molecular complexity index is 354. The minimum Gasteiger partial charge on any atom is -0.444 e. The van der Waals surface area contributed by atoms with Crippen LogP contribution in [-0.4, -0.2) is 41.3 Å². The second-order valence-electron chi connectivity index (χ2n) is 6.14. The Hall–Kier alpha value is -1.28. The normalized spacial score (nSPS) is 24.2. The molecule has 1 fully saturated rings. The number of amides is 1. The summed E-state index contributed by atoms with van der Waals surface area (Å²) in [4.78, 5) is 13.5. The number of carbonyl (C=O) groups excluding carboxylic acids is 1. The average molecular weight is 253 g/mol. The first-order valence-corrected chi connectivity index (χ1v) is 6.34. The second-order valence-corrected chi connectivity index (χ2v) is 6.14. The van der Waals surface area contributed by atoms with Crippen LogP contribution in [0.1, 0.15) is 41.0 Å². The average Bonchev–Trinajstić information content (AvgIpc) is 2.59. The molecule has 0 saturated carbocycles. The summed E-state index contributed by atoms with van der Waals surface area (Å²) in [5.74, 6) is 0. The molecule has 0 aromatic heterocycles. The van der Waals surface area contributed by atoms with Gasteiger partial charge in [0.15, 0.2) is 0 Å². The number of nitrogens with zero attached hydrogens (tertiary/aromatic N) is 2. The number of likely N-dealkylation sites (tertiary alicyclic amines) is 1. The smallest absolute Gasteiger partial charge is 0.410 e. The van der Waals surface area contributed by atoms with E-state index in [2.05, 4.69) is 11.4 Å². The molecule has 1 heterocycles. The molecule has 0 aliphatic carbocycles. The summed E-state index contributed by atoms with van der Waals surface area (Å²) in [7, 11) is 0. The van der Waals surface area contributed by atoms with Crippen molar-refractivity contribution >= 4 is 6.09 Å². The van der Waals surface area contributed by atoms with E-state index in [4.69, 9.17) is 4.74 Å². The van der Waals surface area contributed by atoms with Crippen molar-refractivity contribution in [2.24, 2.45) is 0 Å².